The standard InChI is InChI=1S/C24H31NO3S/c1-3-5-19-6-10-21(11-7-19)25-24(27)15-17-29-16-14-22(26)18-20-8-12-23(13-9-20)28-4-2/h6-13H,3-5,14-18H2,1-2H3,(H,25,27). The summed E-state index contributed by atoms with van der Waals surface area (Å²) in [4.78, 5) is 24.1. The van der Waals surface area contributed by atoms with Crippen molar-refractivity contribution in [3.05, 3.63) is 59.7 Å². The molecule has 1 N–H and O–H groups in total. The Labute approximate surface area is 178 Å². The van der Waals surface area contributed by atoms with Gasteiger partial charge in [0.05, 0.1) is 6.61 Å². The quantitative estimate of drug-likeness (QED) is 0.453. The summed E-state index contributed by atoms with van der Waals surface area (Å²) in [6.07, 6.45) is 3.60. The lowest BCUT2D eigenvalue weighted by Crippen LogP contribution is -2.12. The highest BCUT2D eigenvalue weighted by Crippen LogP contribution is 2.15. The Hall–Kier alpha value is -2.27. The third-order valence-electron chi connectivity index (χ3n) is 4.41. The summed E-state index contributed by atoms with van der Waals surface area (Å²) in [5.74, 6) is 2.53. The summed E-state index contributed by atoms with van der Waals surface area (Å²) in [5.41, 5.74) is 3.13. The molecule has 0 fully saturated rings. The normalized spacial score (nSPS) is 10.6. The van der Waals surface area contributed by atoms with E-state index in [0.717, 1.165) is 41.3 Å². The zero-order valence-corrected chi connectivity index (χ0v) is 18.2. The largest absolute Gasteiger partial charge is 0.494 e. The fraction of sp³-hybridized carbons (Fsp3) is 0.417. The van der Waals surface area contributed by atoms with Crippen LogP contribution < -0.4 is 10.1 Å². The molecule has 2 aromatic rings. The minimum Gasteiger partial charge on any atom is -0.494 e. The summed E-state index contributed by atoms with van der Waals surface area (Å²) in [7, 11) is 0. The Bertz CT molecular complexity index is 691. The molecular weight excluding hydrogens is 382 g/mol. The predicted octanol–water partition coefficient (Wildman–Crippen LogP) is 5.30. The van der Waals surface area contributed by atoms with Crippen molar-refractivity contribution in [2.75, 3.05) is 23.4 Å². The van der Waals surface area contributed by atoms with Crippen LogP contribution >= 0.6 is 11.8 Å². The Kier molecular flexibility index (Phi) is 10.4. The van der Waals surface area contributed by atoms with E-state index in [4.69, 9.17) is 4.74 Å². The van der Waals surface area contributed by atoms with Crippen LogP contribution in [0.4, 0.5) is 5.69 Å². The highest BCUT2D eigenvalue weighted by molar-refractivity contribution is 7.99. The van der Waals surface area contributed by atoms with Crippen molar-refractivity contribution < 1.29 is 14.3 Å². The van der Waals surface area contributed by atoms with Crippen LogP contribution in [-0.2, 0) is 22.4 Å². The van der Waals surface area contributed by atoms with Gasteiger partial charge in [-0.1, -0.05) is 37.6 Å². The first kappa shape index (κ1) is 23.0. The van der Waals surface area contributed by atoms with Crippen LogP contribution in [0.25, 0.3) is 0 Å². The molecule has 0 aliphatic rings. The molecule has 5 heteroatoms. The topological polar surface area (TPSA) is 55.4 Å². The van der Waals surface area contributed by atoms with Gasteiger partial charge in [0.1, 0.15) is 11.5 Å². The lowest BCUT2D eigenvalue weighted by atomic mass is 10.1. The molecule has 0 saturated carbocycles. The van der Waals surface area contributed by atoms with E-state index in [1.54, 1.807) is 11.8 Å². The zero-order valence-electron chi connectivity index (χ0n) is 17.4. The monoisotopic (exact) mass is 413 g/mol. The summed E-state index contributed by atoms with van der Waals surface area (Å²) in [6.45, 7) is 4.74. The molecule has 0 radical (unpaired) electrons. The maximum atomic E-state index is 12.1. The van der Waals surface area contributed by atoms with E-state index in [1.807, 2.05) is 43.3 Å². The molecule has 156 valence electrons. The van der Waals surface area contributed by atoms with Gasteiger partial charge in [0.15, 0.2) is 0 Å². The number of aryl methyl sites for hydroxylation is 1. The number of nitrogens with one attached hydrogen (secondary N) is 1. The van der Waals surface area contributed by atoms with E-state index >= 15 is 0 Å². The van der Waals surface area contributed by atoms with Crippen molar-refractivity contribution in [3.8, 4) is 5.75 Å². The van der Waals surface area contributed by atoms with E-state index in [2.05, 4.69) is 24.4 Å². The second-order valence-electron chi connectivity index (χ2n) is 6.90. The average molecular weight is 414 g/mol. The van der Waals surface area contributed by atoms with Crippen molar-refractivity contribution in [3.63, 3.8) is 0 Å². The van der Waals surface area contributed by atoms with E-state index < -0.39 is 0 Å². The second kappa shape index (κ2) is 13.0. The molecule has 4 nitrogen and oxygen atoms in total. The first-order chi connectivity index (χ1) is 14.1. The Balaban J connectivity index is 1.58. The minimum absolute atomic E-state index is 0.0152. The third kappa shape index (κ3) is 9.18. The number of carbonyl (C=O) groups is 2. The fourth-order valence-corrected chi connectivity index (χ4v) is 3.81. The Morgan fingerprint density at radius 1 is 0.897 bits per heavy atom. The van der Waals surface area contributed by atoms with Gasteiger partial charge in [-0.05, 0) is 48.7 Å². The number of benzene rings is 2. The number of hydrogen-bond donors (Lipinski definition) is 1. The molecule has 0 atom stereocenters. The van der Waals surface area contributed by atoms with Gasteiger partial charge in [-0.3, -0.25) is 9.59 Å². The van der Waals surface area contributed by atoms with Crippen LogP contribution in [0.1, 0.15) is 44.2 Å². The number of Topliss-reactive ketones (excluding diaryl/α,β-unsaturated/α-hetero) is 1. The van der Waals surface area contributed by atoms with Gasteiger partial charge in [0.25, 0.3) is 0 Å². The number of ketones is 1. The van der Waals surface area contributed by atoms with Crippen molar-refractivity contribution in [1.29, 1.82) is 0 Å². The molecule has 29 heavy (non-hydrogen) atoms. The van der Waals surface area contributed by atoms with Crippen LogP contribution in [0.3, 0.4) is 0 Å². The Morgan fingerprint density at radius 3 is 2.21 bits per heavy atom. The predicted molar refractivity (Wildman–Crippen MR) is 122 cm³/mol. The summed E-state index contributed by atoms with van der Waals surface area (Å²) >= 11 is 1.65. The van der Waals surface area contributed by atoms with Crippen molar-refractivity contribution >= 4 is 29.1 Å². The van der Waals surface area contributed by atoms with Crippen molar-refractivity contribution in [2.24, 2.45) is 0 Å². The van der Waals surface area contributed by atoms with Crippen LogP contribution in [-0.4, -0.2) is 29.8 Å². The molecule has 0 saturated heterocycles. The lowest BCUT2D eigenvalue weighted by Gasteiger charge is -2.07. The van der Waals surface area contributed by atoms with Gasteiger partial charge in [-0.15, -0.1) is 0 Å². The molecule has 0 spiro atoms. The van der Waals surface area contributed by atoms with E-state index in [1.165, 1.54) is 5.56 Å². The van der Waals surface area contributed by atoms with E-state index in [-0.39, 0.29) is 11.7 Å². The van der Waals surface area contributed by atoms with Gasteiger partial charge < -0.3 is 10.1 Å². The summed E-state index contributed by atoms with van der Waals surface area (Å²) in [5, 5.41) is 2.93. The fourth-order valence-electron chi connectivity index (χ4n) is 2.91. The number of thioether (sulfide) groups is 1. The number of ether oxygens (including phenoxy) is 1. The Morgan fingerprint density at radius 2 is 1.55 bits per heavy atom. The lowest BCUT2D eigenvalue weighted by molar-refractivity contribution is -0.118. The van der Waals surface area contributed by atoms with Gasteiger partial charge in [-0.25, -0.2) is 0 Å². The molecule has 0 bridgehead atoms. The van der Waals surface area contributed by atoms with Gasteiger partial charge in [0.2, 0.25) is 5.91 Å². The molecule has 0 heterocycles. The van der Waals surface area contributed by atoms with Crippen LogP contribution in [0, 0.1) is 0 Å². The molecule has 1 amide bonds. The molecule has 2 rings (SSSR count). The maximum Gasteiger partial charge on any atom is 0.225 e. The number of carbonyl (C=O) groups excluding carboxylic acids is 2. The van der Waals surface area contributed by atoms with E-state index in [0.29, 0.717) is 25.9 Å². The van der Waals surface area contributed by atoms with Crippen LogP contribution in [0.15, 0.2) is 48.5 Å². The number of hydrogen-bond acceptors (Lipinski definition) is 4. The molecule has 2 aromatic carbocycles. The molecule has 0 aliphatic carbocycles. The summed E-state index contributed by atoms with van der Waals surface area (Å²) in [6, 6.07) is 15.7. The van der Waals surface area contributed by atoms with Crippen LogP contribution in [0.5, 0.6) is 5.75 Å². The third-order valence-corrected chi connectivity index (χ3v) is 5.40. The molecule has 0 aliphatic heterocycles. The smallest absolute Gasteiger partial charge is 0.225 e. The first-order valence-corrected chi connectivity index (χ1v) is 11.5. The maximum absolute atomic E-state index is 12.1. The highest BCUT2D eigenvalue weighted by atomic mass is 32.2. The van der Waals surface area contributed by atoms with Gasteiger partial charge in [0, 0.05) is 36.5 Å². The molecular formula is C24H31NO3S. The molecule has 0 unspecified atom stereocenters. The average Bonchev–Trinajstić information content (AvgIpc) is 2.71. The SMILES string of the molecule is CCCc1ccc(NC(=O)CCSCCC(=O)Cc2ccc(OCC)cc2)cc1. The van der Waals surface area contributed by atoms with Crippen LogP contribution in [0.2, 0.25) is 0 Å². The zero-order chi connectivity index (χ0) is 20.9. The highest BCUT2D eigenvalue weighted by Gasteiger charge is 2.06. The first-order valence-electron chi connectivity index (χ1n) is 10.3. The van der Waals surface area contributed by atoms with Gasteiger partial charge in [-0.2, -0.15) is 11.8 Å². The number of amides is 1. The number of anilines is 1. The summed E-state index contributed by atoms with van der Waals surface area (Å²) < 4.78 is 5.41. The van der Waals surface area contributed by atoms with Gasteiger partial charge >= 0.3 is 0 Å². The number of rotatable bonds is 13. The van der Waals surface area contributed by atoms with E-state index in [9.17, 15) is 9.59 Å². The molecule has 0 aromatic heterocycles. The minimum atomic E-state index is 0.0152. The van der Waals surface area contributed by atoms with Crippen molar-refractivity contribution in [2.45, 2.75) is 46.0 Å². The second-order valence-corrected chi connectivity index (χ2v) is 8.12. The van der Waals surface area contributed by atoms with Crippen molar-refractivity contribution in [1.82, 2.24) is 0 Å².